The fourth-order valence-electron chi connectivity index (χ4n) is 1.41. The number of nitrogens with two attached hydrogens (primary N) is 1. The lowest BCUT2D eigenvalue weighted by molar-refractivity contribution is -0.141. The summed E-state index contributed by atoms with van der Waals surface area (Å²) in [4.78, 5) is 15.1. The van der Waals surface area contributed by atoms with Crippen molar-refractivity contribution < 1.29 is 9.53 Å². The molecule has 2 N–H and O–H groups in total. The zero-order chi connectivity index (χ0) is 12.3. The molecule has 2 aromatic heterocycles. The minimum absolute atomic E-state index is 0.00736. The lowest BCUT2D eigenvalue weighted by atomic mass is 10.2. The van der Waals surface area contributed by atoms with Crippen LogP contribution in [-0.2, 0) is 16.1 Å². The molecule has 6 nitrogen and oxygen atoms in total. The second-order valence-corrected chi connectivity index (χ2v) is 3.42. The summed E-state index contributed by atoms with van der Waals surface area (Å²) in [5.74, 6) is 0.0308. The molecule has 0 aromatic carbocycles. The number of carbonyl (C=O) groups is 1. The molecule has 0 atom stereocenters. The van der Waals surface area contributed by atoms with Crippen LogP contribution in [0.15, 0.2) is 30.6 Å². The highest BCUT2D eigenvalue weighted by Crippen LogP contribution is 2.19. The van der Waals surface area contributed by atoms with Crippen LogP contribution in [0, 0.1) is 0 Å². The van der Waals surface area contributed by atoms with Gasteiger partial charge in [-0.05, 0) is 12.1 Å². The average molecular weight is 232 g/mol. The molecule has 0 unspecified atom stereocenters. The van der Waals surface area contributed by atoms with Crippen molar-refractivity contribution in [2.45, 2.75) is 6.54 Å². The van der Waals surface area contributed by atoms with Gasteiger partial charge >= 0.3 is 5.97 Å². The summed E-state index contributed by atoms with van der Waals surface area (Å²) in [6.07, 6.45) is 3.34. The van der Waals surface area contributed by atoms with E-state index in [2.05, 4.69) is 14.8 Å². The van der Waals surface area contributed by atoms with Gasteiger partial charge in [0.25, 0.3) is 0 Å². The van der Waals surface area contributed by atoms with Crippen LogP contribution >= 0.6 is 0 Å². The molecule has 0 bridgehead atoms. The van der Waals surface area contributed by atoms with Crippen LogP contribution in [0.1, 0.15) is 0 Å². The Kier molecular flexibility index (Phi) is 3.04. The van der Waals surface area contributed by atoms with E-state index in [1.807, 2.05) is 12.1 Å². The Labute approximate surface area is 98.0 Å². The molecule has 88 valence electrons. The van der Waals surface area contributed by atoms with E-state index in [9.17, 15) is 4.79 Å². The maximum atomic E-state index is 11.1. The van der Waals surface area contributed by atoms with Gasteiger partial charge in [0.1, 0.15) is 12.4 Å². The summed E-state index contributed by atoms with van der Waals surface area (Å²) in [6, 6.07) is 5.35. The maximum Gasteiger partial charge on any atom is 0.327 e. The molecule has 0 aliphatic carbocycles. The molecule has 17 heavy (non-hydrogen) atoms. The van der Waals surface area contributed by atoms with E-state index < -0.39 is 0 Å². The maximum absolute atomic E-state index is 11.1. The molecule has 0 aliphatic rings. The first-order valence-electron chi connectivity index (χ1n) is 5.01. The summed E-state index contributed by atoms with van der Waals surface area (Å²) in [6.45, 7) is 0.00736. The standard InChI is InChI=1S/C11H12N4O2/c1-17-11(16)7-15-10(12)6-9(14-15)8-2-4-13-5-3-8/h2-6H,7,12H2,1H3. The third-order valence-corrected chi connectivity index (χ3v) is 2.29. The van der Waals surface area contributed by atoms with Gasteiger partial charge in [-0.2, -0.15) is 5.10 Å². The molecule has 0 radical (unpaired) electrons. The molecule has 2 aromatic rings. The van der Waals surface area contributed by atoms with Crippen LogP contribution in [0.2, 0.25) is 0 Å². The Bertz CT molecular complexity index is 522. The first-order valence-corrected chi connectivity index (χ1v) is 5.01. The Morgan fingerprint density at radius 2 is 2.18 bits per heavy atom. The van der Waals surface area contributed by atoms with Crippen molar-refractivity contribution >= 4 is 11.8 Å². The van der Waals surface area contributed by atoms with E-state index in [4.69, 9.17) is 5.73 Å². The average Bonchev–Trinajstić information content (AvgIpc) is 2.72. The highest BCUT2D eigenvalue weighted by Gasteiger charge is 2.10. The van der Waals surface area contributed by atoms with E-state index in [0.717, 1.165) is 5.56 Å². The van der Waals surface area contributed by atoms with Gasteiger partial charge in [-0.15, -0.1) is 0 Å². The quantitative estimate of drug-likeness (QED) is 0.787. The molecule has 0 saturated carbocycles. The predicted octanol–water partition coefficient (Wildman–Crippen LogP) is 0.700. The van der Waals surface area contributed by atoms with Gasteiger partial charge in [0.15, 0.2) is 0 Å². The van der Waals surface area contributed by atoms with Crippen LogP contribution in [0.5, 0.6) is 0 Å². The summed E-state index contributed by atoms with van der Waals surface area (Å²) >= 11 is 0. The Morgan fingerprint density at radius 3 is 2.82 bits per heavy atom. The van der Waals surface area contributed by atoms with E-state index in [-0.39, 0.29) is 12.5 Å². The molecular formula is C11H12N4O2. The summed E-state index contributed by atoms with van der Waals surface area (Å²) in [5.41, 5.74) is 7.36. The summed E-state index contributed by atoms with van der Waals surface area (Å²) in [7, 11) is 1.33. The van der Waals surface area contributed by atoms with Crippen molar-refractivity contribution in [3.63, 3.8) is 0 Å². The molecule has 0 amide bonds. The lowest BCUT2D eigenvalue weighted by Gasteiger charge is -2.01. The summed E-state index contributed by atoms with van der Waals surface area (Å²) in [5, 5.41) is 4.23. The van der Waals surface area contributed by atoms with Crippen LogP contribution in [0.3, 0.4) is 0 Å². The zero-order valence-electron chi connectivity index (χ0n) is 9.33. The van der Waals surface area contributed by atoms with Gasteiger partial charge in [0.05, 0.1) is 12.8 Å². The molecule has 0 spiro atoms. The number of ether oxygens (including phenoxy) is 1. The SMILES string of the molecule is COC(=O)Cn1nc(-c2ccncc2)cc1N. The van der Waals surface area contributed by atoms with Crippen molar-refractivity contribution in [3.8, 4) is 11.3 Å². The van der Waals surface area contributed by atoms with Gasteiger partial charge in [0.2, 0.25) is 0 Å². The number of anilines is 1. The molecule has 0 saturated heterocycles. The largest absolute Gasteiger partial charge is 0.468 e. The number of esters is 1. The van der Waals surface area contributed by atoms with E-state index >= 15 is 0 Å². The fourth-order valence-corrected chi connectivity index (χ4v) is 1.41. The zero-order valence-corrected chi connectivity index (χ0v) is 9.33. The normalized spacial score (nSPS) is 10.2. The second kappa shape index (κ2) is 4.65. The molecule has 6 heteroatoms. The fraction of sp³-hybridized carbons (Fsp3) is 0.182. The molecule has 0 aliphatic heterocycles. The van der Waals surface area contributed by atoms with Gasteiger partial charge in [-0.3, -0.25) is 9.78 Å². The monoisotopic (exact) mass is 232 g/mol. The number of aromatic nitrogens is 3. The van der Waals surface area contributed by atoms with Crippen molar-refractivity contribution in [1.82, 2.24) is 14.8 Å². The minimum atomic E-state index is -0.388. The molecule has 2 heterocycles. The number of rotatable bonds is 3. The third-order valence-electron chi connectivity index (χ3n) is 2.29. The molecule has 2 rings (SSSR count). The van der Waals surface area contributed by atoms with Crippen molar-refractivity contribution in [1.29, 1.82) is 0 Å². The second-order valence-electron chi connectivity index (χ2n) is 3.42. The van der Waals surface area contributed by atoms with Crippen molar-refractivity contribution in [3.05, 3.63) is 30.6 Å². The number of hydrogen-bond donors (Lipinski definition) is 1. The van der Waals surface area contributed by atoms with Crippen molar-refractivity contribution in [2.24, 2.45) is 0 Å². The number of nitrogens with zero attached hydrogens (tertiary/aromatic N) is 3. The number of nitrogen functional groups attached to an aromatic ring is 1. The van der Waals surface area contributed by atoms with Crippen LogP contribution in [-0.4, -0.2) is 27.8 Å². The molecular weight excluding hydrogens is 220 g/mol. The van der Waals surface area contributed by atoms with Crippen LogP contribution in [0.4, 0.5) is 5.82 Å². The van der Waals surface area contributed by atoms with E-state index in [0.29, 0.717) is 11.5 Å². The Hall–Kier alpha value is -2.37. The topological polar surface area (TPSA) is 83.0 Å². The first kappa shape index (κ1) is 11.1. The van der Waals surface area contributed by atoms with Crippen LogP contribution < -0.4 is 5.73 Å². The smallest absolute Gasteiger partial charge is 0.327 e. The number of methoxy groups -OCH3 is 1. The highest BCUT2D eigenvalue weighted by atomic mass is 16.5. The predicted molar refractivity (Wildman–Crippen MR) is 61.9 cm³/mol. The van der Waals surface area contributed by atoms with Gasteiger partial charge in [-0.1, -0.05) is 0 Å². The first-order chi connectivity index (χ1) is 8.20. The highest BCUT2D eigenvalue weighted by molar-refractivity contribution is 5.70. The number of carbonyl (C=O) groups excluding carboxylic acids is 1. The van der Waals surface area contributed by atoms with Gasteiger partial charge in [0, 0.05) is 24.0 Å². The lowest BCUT2D eigenvalue weighted by Crippen LogP contribution is -2.14. The van der Waals surface area contributed by atoms with Gasteiger partial charge < -0.3 is 10.5 Å². The number of pyridine rings is 1. The Balaban J connectivity index is 2.28. The third kappa shape index (κ3) is 2.41. The van der Waals surface area contributed by atoms with Crippen LogP contribution in [0.25, 0.3) is 11.3 Å². The minimum Gasteiger partial charge on any atom is -0.468 e. The van der Waals surface area contributed by atoms with Gasteiger partial charge in [-0.25, -0.2) is 4.68 Å². The van der Waals surface area contributed by atoms with Crippen molar-refractivity contribution in [2.75, 3.05) is 12.8 Å². The van der Waals surface area contributed by atoms with E-state index in [1.165, 1.54) is 11.8 Å². The van der Waals surface area contributed by atoms with E-state index in [1.54, 1.807) is 18.5 Å². The Morgan fingerprint density at radius 1 is 1.47 bits per heavy atom. The summed E-state index contributed by atoms with van der Waals surface area (Å²) < 4.78 is 5.96. The number of hydrogen-bond acceptors (Lipinski definition) is 5. The molecule has 0 fully saturated rings.